The first-order valence-corrected chi connectivity index (χ1v) is 5.62. The highest BCUT2D eigenvalue weighted by atomic mass is 16.6. The van der Waals surface area contributed by atoms with E-state index in [4.69, 9.17) is 24.4 Å². The number of aliphatic hydroxyl groups excluding tert-OH is 2. The molecule has 6 nitrogen and oxygen atoms in total. The molecule has 3 heterocycles. The van der Waals surface area contributed by atoms with Crippen LogP contribution in [0.5, 0.6) is 0 Å². The smallest absolute Gasteiger partial charge is 0.104 e. The molecule has 2 aliphatic rings. The van der Waals surface area contributed by atoms with Crippen molar-refractivity contribution in [3.05, 3.63) is 24.7 Å². The molecule has 6 heteroatoms. The quantitative estimate of drug-likeness (QED) is 0.759. The van der Waals surface area contributed by atoms with Gasteiger partial charge in [-0.15, -0.1) is 0 Å². The Morgan fingerprint density at radius 2 is 1.33 bits per heavy atom. The lowest BCUT2D eigenvalue weighted by Crippen LogP contribution is -2.06. The molecule has 0 saturated carbocycles. The minimum absolute atomic E-state index is 0.392. The number of hydrogen-bond acceptors (Lipinski definition) is 6. The lowest BCUT2D eigenvalue weighted by atomic mass is 10.5. The Bertz CT molecular complexity index is 202. The molecule has 0 spiro atoms. The molecule has 18 heavy (non-hydrogen) atoms. The number of hydrogen-bond donors (Lipinski definition) is 2. The highest BCUT2D eigenvalue weighted by Crippen LogP contribution is 2.12. The third-order valence-electron chi connectivity index (χ3n) is 1.84. The first kappa shape index (κ1) is 17.1. The average Bonchev–Trinajstić information content (AvgIpc) is 3.38. The molecule has 2 unspecified atom stereocenters. The van der Waals surface area contributed by atoms with Crippen LogP contribution >= 0.6 is 0 Å². The second kappa shape index (κ2) is 12.5. The maximum atomic E-state index is 7.00. The standard InChI is InChI=1S/C6H10O3.C4H4O.2CH4O/c1(5-3-8-5)7-2-6-4-9-6;1-2-4-5-3-1;2*1-2/h5-6H,1-4H2;1-4H;2*2H,1H3. The largest absolute Gasteiger partial charge is 0.473 e. The Kier molecular flexibility index (Phi) is 11.9. The van der Waals surface area contributed by atoms with Gasteiger partial charge in [-0.3, -0.25) is 0 Å². The van der Waals surface area contributed by atoms with Gasteiger partial charge in [-0.25, -0.2) is 0 Å². The molecule has 106 valence electrons. The highest BCUT2D eigenvalue weighted by Gasteiger charge is 2.26. The van der Waals surface area contributed by atoms with Gasteiger partial charge in [-0.05, 0) is 12.1 Å². The van der Waals surface area contributed by atoms with E-state index >= 15 is 0 Å². The molecule has 0 radical (unpaired) electrons. The maximum absolute atomic E-state index is 7.00. The molecule has 2 N–H and O–H groups in total. The van der Waals surface area contributed by atoms with Gasteiger partial charge in [0.1, 0.15) is 12.2 Å². The summed E-state index contributed by atoms with van der Waals surface area (Å²) in [6, 6.07) is 3.67. The Balaban J connectivity index is 0.000000276. The van der Waals surface area contributed by atoms with Crippen LogP contribution in [0.2, 0.25) is 0 Å². The normalized spacial score (nSPS) is 22.2. The van der Waals surface area contributed by atoms with E-state index in [1.165, 1.54) is 0 Å². The van der Waals surface area contributed by atoms with Crippen LogP contribution in [0.15, 0.2) is 29.1 Å². The van der Waals surface area contributed by atoms with E-state index in [1.54, 1.807) is 12.5 Å². The topological polar surface area (TPSA) is 87.9 Å². The van der Waals surface area contributed by atoms with Gasteiger partial charge in [0.2, 0.25) is 0 Å². The molecule has 1 aromatic heterocycles. The van der Waals surface area contributed by atoms with Gasteiger partial charge in [-0.2, -0.15) is 0 Å². The highest BCUT2D eigenvalue weighted by molar-refractivity contribution is 4.79. The summed E-state index contributed by atoms with van der Waals surface area (Å²) in [7, 11) is 2.00. The minimum Gasteiger partial charge on any atom is -0.473 e. The molecule has 2 saturated heterocycles. The predicted molar refractivity (Wildman–Crippen MR) is 65.3 cm³/mol. The fourth-order valence-electron chi connectivity index (χ4n) is 0.886. The minimum atomic E-state index is 0.392. The van der Waals surface area contributed by atoms with E-state index in [0.29, 0.717) is 12.2 Å². The van der Waals surface area contributed by atoms with Crippen LogP contribution in [0.4, 0.5) is 0 Å². The number of aliphatic hydroxyl groups is 2. The monoisotopic (exact) mass is 262 g/mol. The first-order valence-electron chi connectivity index (χ1n) is 5.62. The zero-order chi connectivity index (χ0) is 13.6. The van der Waals surface area contributed by atoms with E-state index in [9.17, 15) is 0 Å². The van der Waals surface area contributed by atoms with Crippen LogP contribution in [0.1, 0.15) is 0 Å². The summed E-state index contributed by atoms with van der Waals surface area (Å²) in [5.74, 6) is 0. The van der Waals surface area contributed by atoms with Crippen LogP contribution in [-0.2, 0) is 14.2 Å². The van der Waals surface area contributed by atoms with Gasteiger partial charge in [0, 0.05) is 14.2 Å². The van der Waals surface area contributed by atoms with Gasteiger partial charge < -0.3 is 28.8 Å². The molecule has 2 aliphatic heterocycles. The van der Waals surface area contributed by atoms with E-state index < -0.39 is 0 Å². The van der Waals surface area contributed by atoms with Crippen LogP contribution in [0, 0.1) is 0 Å². The van der Waals surface area contributed by atoms with Crippen LogP contribution in [0.3, 0.4) is 0 Å². The SMILES string of the molecule is C(OCC1CO1)C1CO1.CO.CO.c1ccoc1. The van der Waals surface area contributed by atoms with Crippen molar-refractivity contribution in [2.75, 3.05) is 40.6 Å². The lowest BCUT2D eigenvalue weighted by Gasteiger charge is -1.95. The number of ether oxygens (including phenoxy) is 3. The third kappa shape index (κ3) is 11.6. The molecule has 2 atom stereocenters. The van der Waals surface area contributed by atoms with E-state index in [-0.39, 0.29) is 0 Å². The molecule has 0 aliphatic carbocycles. The zero-order valence-electron chi connectivity index (χ0n) is 10.8. The molecule has 2 fully saturated rings. The molecular weight excluding hydrogens is 240 g/mol. The van der Waals surface area contributed by atoms with Gasteiger partial charge >= 0.3 is 0 Å². The van der Waals surface area contributed by atoms with Crippen molar-refractivity contribution in [2.24, 2.45) is 0 Å². The van der Waals surface area contributed by atoms with Gasteiger partial charge in [-0.1, -0.05) is 0 Å². The molecule has 0 bridgehead atoms. The van der Waals surface area contributed by atoms with Crippen molar-refractivity contribution in [1.29, 1.82) is 0 Å². The second-order valence-electron chi connectivity index (χ2n) is 3.24. The van der Waals surface area contributed by atoms with Crippen LogP contribution in [-0.4, -0.2) is 63.1 Å². The molecule has 3 rings (SSSR count). The number of furan rings is 1. The Morgan fingerprint density at radius 1 is 0.944 bits per heavy atom. The van der Waals surface area contributed by atoms with Gasteiger partial charge in [0.15, 0.2) is 0 Å². The summed E-state index contributed by atoms with van der Waals surface area (Å²) in [6.07, 6.45) is 4.03. The molecule has 1 aromatic rings. The summed E-state index contributed by atoms with van der Waals surface area (Å²) in [5, 5.41) is 14.0. The summed E-state index contributed by atoms with van der Waals surface area (Å²) in [4.78, 5) is 0. The molecule has 0 amide bonds. The van der Waals surface area contributed by atoms with Crippen molar-refractivity contribution in [1.82, 2.24) is 0 Å². The summed E-state index contributed by atoms with van der Waals surface area (Å²) in [5.41, 5.74) is 0. The van der Waals surface area contributed by atoms with Crippen LogP contribution < -0.4 is 0 Å². The van der Waals surface area contributed by atoms with Crippen molar-refractivity contribution in [3.63, 3.8) is 0 Å². The summed E-state index contributed by atoms with van der Waals surface area (Å²) >= 11 is 0. The summed E-state index contributed by atoms with van der Waals surface area (Å²) < 4.78 is 19.7. The fourth-order valence-corrected chi connectivity index (χ4v) is 0.886. The average molecular weight is 262 g/mol. The van der Waals surface area contributed by atoms with E-state index in [1.807, 2.05) is 12.1 Å². The van der Waals surface area contributed by atoms with Crippen LogP contribution in [0.25, 0.3) is 0 Å². The fraction of sp³-hybridized carbons (Fsp3) is 0.667. The molecule has 0 aromatic carbocycles. The lowest BCUT2D eigenvalue weighted by molar-refractivity contribution is 0.102. The van der Waals surface area contributed by atoms with Crippen molar-refractivity contribution < 1.29 is 28.8 Å². The summed E-state index contributed by atoms with van der Waals surface area (Å²) in [6.45, 7) is 3.26. The Morgan fingerprint density at radius 3 is 1.56 bits per heavy atom. The Labute approximate surface area is 107 Å². The maximum Gasteiger partial charge on any atom is 0.104 e. The Hall–Kier alpha value is -0.920. The van der Waals surface area contributed by atoms with E-state index in [0.717, 1.165) is 40.6 Å². The first-order chi connectivity index (χ1) is 8.95. The van der Waals surface area contributed by atoms with Crippen molar-refractivity contribution in [3.8, 4) is 0 Å². The van der Waals surface area contributed by atoms with Crippen molar-refractivity contribution >= 4 is 0 Å². The predicted octanol–water partition coefficient (Wildman–Crippen LogP) is 0.297. The molecular formula is C12H22O6. The second-order valence-corrected chi connectivity index (χ2v) is 3.24. The third-order valence-corrected chi connectivity index (χ3v) is 1.84. The van der Waals surface area contributed by atoms with Crippen molar-refractivity contribution in [2.45, 2.75) is 12.2 Å². The number of rotatable bonds is 4. The zero-order valence-corrected chi connectivity index (χ0v) is 10.8. The van der Waals surface area contributed by atoms with Gasteiger partial charge in [0.05, 0.1) is 39.0 Å². The van der Waals surface area contributed by atoms with Gasteiger partial charge in [0.25, 0.3) is 0 Å². The van der Waals surface area contributed by atoms with E-state index in [2.05, 4.69) is 4.42 Å². The number of epoxide rings is 2.